The average Bonchev–Trinajstić information content (AvgIpc) is 2.04. The zero-order chi connectivity index (χ0) is 11.0. The van der Waals surface area contributed by atoms with Gasteiger partial charge in [-0.25, -0.2) is 0 Å². The molecule has 0 spiro atoms. The normalized spacial score (nSPS) is 9.27. The Morgan fingerprint density at radius 3 is 1.93 bits per heavy atom. The minimum Gasteiger partial charge on any atom is -1.00 e. The fourth-order valence-corrected chi connectivity index (χ4v) is 1.13. The molecular formula is C11H18ClNO2. The first-order valence-corrected chi connectivity index (χ1v) is 4.42. The van der Waals surface area contributed by atoms with Crippen molar-refractivity contribution in [3.8, 4) is 0 Å². The van der Waals surface area contributed by atoms with Gasteiger partial charge in [-0.3, -0.25) is 4.79 Å². The molecule has 15 heavy (non-hydrogen) atoms. The number of hydrogen-bond donors (Lipinski definition) is 1. The van der Waals surface area contributed by atoms with Gasteiger partial charge in [0.15, 0.2) is 0 Å². The number of carbonyl (C=O) groups is 1. The monoisotopic (exact) mass is 231 g/mol. The van der Waals surface area contributed by atoms with Gasteiger partial charge in [-0.2, -0.15) is 0 Å². The molecule has 0 radical (unpaired) electrons. The third-order valence-electron chi connectivity index (χ3n) is 1.50. The first kappa shape index (κ1) is 16.4. The summed E-state index contributed by atoms with van der Waals surface area (Å²) in [6.07, 6.45) is 0. The maximum absolute atomic E-state index is 8.36. The average molecular weight is 232 g/mol. The SMILES string of the molecule is C[N+](C)(C)Cc1ccccc1.O=CO.[Cl-]. The second-order valence-electron chi connectivity index (χ2n) is 4.04. The highest BCUT2D eigenvalue weighted by atomic mass is 35.5. The van der Waals surface area contributed by atoms with Crippen molar-refractivity contribution in [2.75, 3.05) is 21.1 Å². The van der Waals surface area contributed by atoms with Crippen LogP contribution >= 0.6 is 0 Å². The van der Waals surface area contributed by atoms with E-state index in [1.54, 1.807) is 0 Å². The highest BCUT2D eigenvalue weighted by Gasteiger charge is 2.06. The number of quaternary nitrogens is 1. The Morgan fingerprint density at radius 2 is 1.60 bits per heavy atom. The molecule has 1 aromatic rings. The van der Waals surface area contributed by atoms with Crippen molar-refractivity contribution in [2.24, 2.45) is 0 Å². The van der Waals surface area contributed by atoms with Crippen LogP contribution in [-0.2, 0) is 11.3 Å². The molecule has 0 heterocycles. The number of halogens is 1. The number of benzene rings is 1. The van der Waals surface area contributed by atoms with Crippen LogP contribution in [0.2, 0.25) is 0 Å². The largest absolute Gasteiger partial charge is 1.00 e. The van der Waals surface area contributed by atoms with Gasteiger partial charge in [-0.05, 0) is 0 Å². The van der Waals surface area contributed by atoms with Crippen molar-refractivity contribution in [3.05, 3.63) is 35.9 Å². The minimum absolute atomic E-state index is 0. The molecule has 0 fully saturated rings. The molecule has 0 unspecified atom stereocenters. The third-order valence-corrected chi connectivity index (χ3v) is 1.50. The van der Waals surface area contributed by atoms with Crippen LogP contribution in [0.15, 0.2) is 30.3 Å². The summed E-state index contributed by atoms with van der Waals surface area (Å²) in [5.74, 6) is 0. The standard InChI is InChI=1S/C10H16N.CH2O2.ClH/c1-11(2,3)9-10-7-5-4-6-8-10;2-1-3;/h4-8H,9H2,1-3H3;1H,(H,2,3);1H/q+1;;/p-1. The molecule has 86 valence electrons. The van der Waals surface area contributed by atoms with E-state index in [4.69, 9.17) is 9.90 Å². The Labute approximate surface area is 97.3 Å². The summed E-state index contributed by atoms with van der Waals surface area (Å²) in [7, 11) is 6.60. The van der Waals surface area contributed by atoms with Crippen molar-refractivity contribution < 1.29 is 26.8 Å². The van der Waals surface area contributed by atoms with E-state index in [0.29, 0.717) is 0 Å². The van der Waals surface area contributed by atoms with Gasteiger partial charge in [0.2, 0.25) is 0 Å². The summed E-state index contributed by atoms with van der Waals surface area (Å²) >= 11 is 0. The number of carboxylic acid groups (broad SMARTS) is 1. The molecular weight excluding hydrogens is 214 g/mol. The van der Waals surface area contributed by atoms with Crippen molar-refractivity contribution in [1.82, 2.24) is 0 Å². The second kappa shape index (κ2) is 8.26. The summed E-state index contributed by atoms with van der Waals surface area (Å²) < 4.78 is 0.990. The minimum atomic E-state index is -0.250. The smallest absolute Gasteiger partial charge is 0.290 e. The van der Waals surface area contributed by atoms with Crippen molar-refractivity contribution in [3.63, 3.8) is 0 Å². The first-order chi connectivity index (χ1) is 6.49. The van der Waals surface area contributed by atoms with E-state index < -0.39 is 0 Å². The van der Waals surface area contributed by atoms with E-state index in [0.717, 1.165) is 11.0 Å². The van der Waals surface area contributed by atoms with Crippen LogP contribution in [0.5, 0.6) is 0 Å². The summed E-state index contributed by atoms with van der Waals surface area (Å²) in [4.78, 5) is 8.36. The Bertz CT molecular complexity index is 257. The summed E-state index contributed by atoms with van der Waals surface area (Å²) in [5, 5.41) is 6.89. The Balaban J connectivity index is 0. The van der Waals surface area contributed by atoms with Crippen LogP contribution in [0.25, 0.3) is 0 Å². The lowest BCUT2D eigenvalue weighted by Gasteiger charge is -2.23. The Morgan fingerprint density at radius 1 is 1.20 bits per heavy atom. The van der Waals surface area contributed by atoms with Crippen molar-refractivity contribution >= 4 is 6.47 Å². The van der Waals surface area contributed by atoms with Crippen LogP contribution in [0.4, 0.5) is 0 Å². The van der Waals surface area contributed by atoms with E-state index in [2.05, 4.69) is 51.5 Å². The highest BCUT2D eigenvalue weighted by Crippen LogP contribution is 2.04. The molecule has 0 atom stereocenters. The van der Waals surface area contributed by atoms with Crippen LogP contribution < -0.4 is 12.4 Å². The molecule has 0 aliphatic carbocycles. The van der Waals surface area contributed by atoms with Gasteiger partial charge in [0.05, 0.1) is 21.1 Å². The van der Waals surface area contributed by atoms with Crippen LogP contribution in [-0.4, -0.2) is 37.2 Å². The van der Waals surface area contributed by atoms with E-state index >= 15 is 0 Å². The van der Waals surface area contributed by atoms with Crippen LogP contribution in [0, 0.1) is 0 Å². The van der Waals surface area contributed by atoms with Gasteiger partial charge in [0.1, 0.15) is 6.54 Å². The number of rotatable bonds is 2. The molecule has 1 aromatic carbocycles. The molecule has 4 heteroatoms. The van der Waals surface area contributed by atoms with E-state index in [9.17, 15) is 0 Å². The molecule has 0 aromatic heterocycles. The fourth-order valence-electron chi connectivity index (χ4n) is 1.13. The van der Waals surface area contributed by atoms with Gasteiger partial charge < -0.3 is 22.0 Å². The topological polar surface area (TPSA) is 37.3 Å². The molecule has 0 bridgehead atoms. The first-order valence-electron chi connectivity index (χ1n) is 4.42. The van der Waals surface area contributed by atoms with Crippen molar-refractivity contribution in [2.45, 2.75) is 6.54 Å². The lowest BCUT2D eigenvalue weighted by Crippen LogP contribution is -3.00. The molecule has 1 rings (SSSR count). The van der Waals surface area contributed by atoms with Gasteiger partial charge in [0, 0.05) is 5.56 Å². The quantitative estimate of drug-likeness (QED) is 0.502. The van der Waals surface area contributed by atoms with Crippen LogP contribution in [0.3, 0.4) is 0 Å². The lowest BCUT2D eigenvalue weighted by atomic mass is 10.2. The fraction of sp³-hybridized carbons (Fsp3) is 0.364. The van der Waals surface area contributed by atoms with Gasteiger partial charge in [-0.1, -0.05) is 30.3 Å². The van der Waals surface area contributed by atoms with E-state index in [-0.39, 0.29) is 18.9 Å². The molecule has 0 aliphatic rings. The summed E-state index contributed by atoms with van der Waals surface area (Å²) in [6, 6.07) is 10.6. The van der Waals surface area contributed by atoms with Crippen LogP contribution in [0.1, 0.15) is 5.56 Å². The molecule has 0 saturated heterocycles. The molecule has 0 aliphatic heterocycles. The predicted molar refractivity (Wildman–Crippen MR) is 56.9 cm³/mol. The highest BCUT2D eigenvalue weighted by molar-refractivity contribution is 5.32. The Kier molecular flexibility index (Phi) is 9.02. The zero-order valence-corrected chi connectivity index (χ0v) is 10.1. The summed E-state index contributed by atoms with van der Waals surface area (Å²) in [5.41, 5.74) is 1.40. The molecule has 1 N–H and O–H groups in total. The third kappa shape index (κ3) is 10.9. The van der Waals surface area contributed by atoms with Crippen molar-refractivity contribution in [1.29, 1.82) is 0 Å². The summed E-state index contributed by atoms with van der Waals surface area (Å²) in [6.45, 7) is 0.848. The molecule has 3 nitrogen and oxygen atoms in total. The zero-order valence-electron chi connectivity index (χ0n) is 9.35. The van der Waals surface area contributed by atoms with E-state index in [1.807, 2.05) is 0 Å². The maximum Gasteiger partial charge on any atom is 0.290 e. The maximum atomic E-state index is 8.36. The lowest BCUT2D eigenvalue weighted by molar-refractivity contribution is -0.884. The van der Waals surface area contributed by atoms with Gasteiger partial charge in [0.25, 0.3) is 6.47 Å². The van der Waals surface area contributed by atoms with E-state index in [1.165, 1.54) is 5.56 Å². The van der Waals surface area contributed by atoms with Gasteiger partial charge >= 0.3 is 0 Å². The second-order valence-corrected chi connectivity index (χ2v) is 4.04. The Hall–Kier alpha value is -1.06. The van der Waals surface area contributed by atoms with Gasteiger partial charge in [-0.15, -0.1) is 0 Å². The molecule has 0 saturated carbocycles. The number of hydrogen-bond acceptors (Lipinski definition) is 1. The number of nitrogens with zero attached hydrogens (tertiary/aromatic N) is 1. The predicted octanol–water partition coefficient (Wildman–Crippen LogP) is -1.40. The molecule has 0 amide bonds.